The third kappa shape index (κ3) is 2.66. The molecule has 0 spiro atoms. The van der Waals surface area contributed by atoms with Gasteiger partial charge in [-0.05, 0) is 18.9 Å². The molecule has 0 radical (unpaired) electrons. The molecule has 0 bridgehead atoms. The highest BCUT2D eigenvalue weighted by Crippen LogP contribution is 2.51. The van der Waals surface area contributed by atoms with E-state index < -0.39 is 0 Å². The van der Waals surface area contributed by atoms with Crippen LogP contribution in [0.2, 0.25) is 0 Å². The number of ether oxygens (including phenoxy) is 3. The number of methoxy groups -OCH3 is 2. The summed E-state index contributed by atoms with van der Waals surface area (Å²) in [6.45, 7) is 3.78. The van der Waals surface area contributed by atoms with Crippen LogP contribution in [0.15, 0.2) is 18.2 Å². The second-order valence-electron chi connectivity index (χ2n) is 4.97. The molecule has 0 amide bonds. The van der Waals surface area contributed by atoms with Gasteiger partial charge in [0.1, 0.15) is 0 Å². The number of rotatable bonds is 5. The third-order valence-corrected chi connectivity index (χ3v) is 3.46. The molecule has 22 heavy (non-hydrogen) atoms. The highest BCUT2D eigenvalue weighted by atomic mass is 16.6. The predicted molar refractivity (Wildman–Crippen MR) is 84.0 cm³/mol. The zero-order valence-corrected chi connectivity index (χ0v) is 13.2. The second-order valence-corrected chi connectivity index (χ2v) is 4.97. The molecular formula is C17H20O5. The molecule has 2 rings (SSSR count). The van der Waals surface area contributed by atoms with E-state index in [9.17, 15) is 9.90 Å². The van der Waals surface area contributed by atoms with Gasteiger partial charge in [0.05, 0.1) is 14.2 Å². The summed E-state index contributed by atoms with van der Waals surface area (Å²) >= 11 is 0. The Labute approximate surface area is 129 Å². The lowest BCUT2D eigenvalue weighted by atomic mass is 10.0. The van der Waals surface area contributed by atoms with Crippen molar-refractivity contribution in [3.8, 4) is 23.0 Å². The van der Waals surface area contributed by atoms with Crippen LogP contribution in [0.5, 0.6) is 23.0 Å². The number of aromatic hydroxyl groups is 1. The van der Waals surface area contributed by atoms with Crippen molar-refractivity contribution >= 4 is 16.7 Å². The molecule has 0 saturated carbocycles. The maximum Gasteiger partial charge on any atom is 0.311 e. The molecule has 0 atom stereocenters. The Balaban J connectivity index is 2.79. The van der Waals surface area contributed by atoms with Gasteiger partial charge >= 0.3 is 5.97 Å². The lowest BCUT2D eigenvalue weighted by molar-refractivity contribution is -0.134. The van der Waals surface area contributed by atoms with Crippen LogP contribution in [0.1, 0.15) is 25.3 Å². The monoisotopic (exact) mass is 304 g/mol. The van der Waals surface area contributed by atoms with Gasteiger partial charge in [0.2, 0.25) is 11.5 Å². The summed E-state index contributed by atoms with van der Waals surface area (Å²) in [5.41, 5.74) is 0.869. The van der Waals surface area contributed by atoms with E-state index in [0.717, 1.165) is 5.56 Å². The van der Waals surface area contributed by atoms with Crippen LogP contribution in [0, 0.1) is 6.92 Å². The first kappa shape index (κ1) is 15.9. The molecule has 0 unspecified atom stereocenters. The molecule has 2 aromatic rings. The van der Waals surface area contributed by atoms with Gasteiger partial charge in [-0.25, -0.2) is 0 Å². The van der Waals surface area contributed by atoms with E-state index in [0.29, 0.717) is 23.6 Å². The van der Waals surface area contributed by atoms with E-state index >= 15 is 0 Å². The molecule has 118 valence electrons. The summed E-state index contributed by atoms with van der Waals surface area (Å²) in [5, 5.41) is 11.6. The molecule has 0 aromatic heterocycles. The fourth-order valence-corrected chi connectivity index (χ4v) is 2.45. The SMILES string of the molecule is CCCC(=O)Oc1c(OC)c(OC)c(O)c2cccc(C)c12. The van der Waals surface area contributed by atoms with Gasteiger partial charge in [-0.2, -0.15) is 0 Å². The van der Waals surface area contributed by atoms with Crippen molar-refractivity contribution in [3.05, 3.63) is 23.8 Å². The molecule has 0 aliphatic carbocycles. The summed E-state index contributed by atoms with van der Waals surface area (Å²) in [7, 11) is 2.87. The Hall–Kier alpha value is -2.43. The number of phenolic OH excluding ortho intramolecular Hbond substituents is 1. The first-order valence-electron chi connectivity index (χ1n) is 7.12. The molecule has 5 heteroatoms. The van der Waals surface area contributed by atoms with Crippen molar-refractivity contribution in [2.75, 3.05) is 14.2 Å². The Morgan fingerprint density at radius 3 is 2.41 bits per heavy atom. The molecule has 0 heterocycles. The maximum atomic E-state index is 11.9. The number of benzene rings is 2. The number of carbonyl (C=O) groups excluding carboxylic acids is 1. The Morgan fingerprint density at radius 1 is 1.14 bits per heavy atom. The van der Waals surface area contributed by atoms with Gasteiger partial charge in [0, 0.05) is 17.2 Å². The lowest BCUT2D eigenvalue weighted by Crippen LogP contribution is -2.09. The van der Waals surface area contributed by atoms with Gasteiger partial charge < -0.3 is 19.3 Å². The van der Waals surface area contributed by atoms with Crippen molar-refractivity contribution in [2.24, 2.45) is 0 Å². The van der Waals surface area contributed by atoms with E-state index in [1.165, 1.54) is 14.2 Å². The highest BCUT2D eigenvalue weighted by Gasteiger charge is 2.24. The topological polar surface area (TPSA) is 65.0 Å². The van der Waals surface area contributed by atoms with Crippen molar-refractivity contribution in [3.63, 3.8) is 0 Å². The fourth-order valence-electron chi connectivity index (χ4n) is 2.45. The van der Waals surface area contributed by atoms with Crippen molar-refractivity contribution in [1.29, 1.82) is 0 Å². The fraction of sp³-hybridized carbons (Fsp3) is 0.353. The number of aryl methyl sites for hydroxylation is 1. The van der Waals surface area contributed by atoms with Crippen molar-refractivity contribution < 1.29 is 24.1 Å². The van der Waals surface area contributed by atoms with Crippen LogP contribution >= 0.6 is 0 Å². The molecular weight excluding hydrogens is 284 g/mol. The number of esters is 1. The van der Waals surface area contributed by atoms with E-state index in [2.05, 4.69) is 0 Å². The van der Waals surface area contributed by atoms with Gasteiger partial charge in [-0.3, -0.25) is 4.79 Å². The van der Waals surface area contributed by atoms with Crippen LogP contribution < -0.4 is 14.2 Å². The minimum atomic E-state index is -0.349. The molecule has 0 aliphatic rings. The number of phenols is 1. The highest BCUT2D eigenvalue weighted by molar-refractivity contribution is 6.01. The van der Waals surface area contributed by atoms with Crippen molar-refractivity contribution in [2.45, 2.75) is 26.7 Å². The number of hydrogen-bond donors (Lipinski definition) is 1. The van der Waals surface area contributed by atoms with Crippen LogP contribution in [0.3, 0.4) is 0 Å². The Bertz CT molecular complexity index is 706. The summed E-state index contributed by atoms with van der Waals surface area (Å²) in [4.78, 5) is 11.9. The van der Waals surface area contributed by atoms with Crippen LogP contribution in [-0.4, -0.2) is 25.3 Å². The van der Waals surface area contributed by atoms with E-state index in [-0.39, 0.29) is 29.0 Å². The molecule has 2 aromatic carbocycles. The minimum Gasteiger partial charge on any atom is -0.504 e. The largest absolute Gasteiger partial charge is 0.504 e. The van der Waals surface area contributed by atoms with E-state index in [4.69, 9.17) is 14.2 Å². The minimum absolute atomic E-state index is 0.0339. The number of carbonyl (C=O) groups is 1. The summed E-state index contributed by atoms with van der Waals surface area (Å²) in [5.74, 6) is 0.265. The van der Waals surface area contributed by atoms with Gasteiger partial charge in [0.25, 0.3) is 0 Å². The van der Waals surface area contributed by atoms with E-state index in [1.54, 1.807) is 6.07 Å². The zero-order valence-electron chi connectivity index (χ0n) is 13.2. The van der Waals surface area contributed by atoms with Gasteiger partial charge in [-0.15, -0.1) is 0 Å². The normalized spacial score (nSPS) is 10.5. The molecule has 0 fully saturated rings. The standard InChI is InChI=1S/C17H20O5/c1-5-7-12(18)22-15-13-10(2)8-6-9-11(13)14(19)16(20-3)17(15)21-4/h6,8-9,19H,5,7H2,1-4H3. The van der Waals surface area contributed by atoms with E-state index in [1.807, 2.05) is 26.0 Å². The zero-order chi connectivity index (χ0) is 16.3. The lowest BCUT2D eigenvalue weighted by Gasteiger charge is -2.18. The summed E-state index contributed by atoms with van der Waals surface area (Å²) in [6, 6.07) is 5.45. The first-order valence-corrected chi connectivity index (χ1v) is 7.12. The first-order chi connectivity index (χ1) is 10.5. The molecule has 5 nitrogen and oxygen atoms in total. The average molecular weight is 304 g/mol. The molecule has 1 N–H and O–H groups in total. The second kappa shape index (κ2) is 6.56. The molecule has 0 saturated heterocycles. The van der Waals surface area contributed by atoms with Crippen LogP contribution in [0.4, 0.5) is 0 Å². The van der Waals surface area contributed by atoms with Gasteiger partial charge in [-0.1, -0.05) is 25.1 Å². The average Bonchev–Trinajstić information content (AvgIpc) is 2.49. The smallest absolute Gasteiger partial charge is 0.311 e. The Morgan fingerprint density at radius 2 is 1.82 bits per heavy atom. The third-order valence-electron chi connectivity index (χ3n) is 3.46. The number of fused-ring (bicyclic) bond motifs is 1. The van der Waals surface area contributed by atoms with Crippen LogP contribution in [0.25, 0.3) is 10.8 Å². The summed E-state index contributed by atoms with van der Waals surface area (Å²) in [6.07, 6.45) is 0.993. The predicted octanol–water partition coefficient (Wildman–Crippen LogP) is 3.58. The van der Waals surface area contributed by atoms with Crippen LogP contribution in [-0.2, 0) is 4.79 Å². The Kier molecular flexibility index (Phi) is 4.75. The number of hydrogen-bond acceptors (Lipinski definition) is 5. The summed E-state index contributed by atoms with van der Waals surface area (Å²) < 4.78 is 16.1. The van der Waals surface area contributed by atoms with Crippen molar-refractivity contribution in [1.82, 2.24) is 0 Å². The van der Waals surface area contributed by atoms with Gasteiger partial charge in [0.15, 0.2) is 11.5 Å². The molecule has 0 aliphatic heterocycles. The quantitative estimate of drug-likeness (QED) is 0.675. The maximum absolute atomic E-state index is 11.9.